The van der Waals surface area contributed by atoms with Gasteiger partial charge in [-0.25, -0.2) is 9.13 Å². The summed E-state index contributed by atoms with van der Waals surface area (Å²) in [7, 11) is -9.91. The summed E-state index contributed by atoms with van der Waals surface area (Å²) in [6.07, 6.45) is 47.4. The van der Waals surface area contributed by atoms with Gasteiger partial charge >= 0.3 is 39.5 Å². The van der Waals surface area contributed by atoms with E-state index >= 15 is 0 Å². The molecule has 3 N–H and O–H groups in total. The topological polar surface area (TPSA) is 237 Å². The summed E-state index contributed by atoms with van der Waals surface area (Å²) in [6, 6.07) is 0. The minimum atomic E-state index is -4.96. The first-order valence-electron chi connectivity index (χ1n) is 38.2. The van der Waals surface area contributed by atoms with Gasteiger partial charge in [-0.1, -0.05) is 319 Å². The van der Waals surface area contributed by atoms with Gasteiger partial charge in [-0.15, -0.1) is 0 Å². The summed E-state index contributed by atoms with van der Waals surface area (Å²) >= 11 is 0. The predicted octanol–water partition coefficient (Wildman–Crippen LogP) is 21.3. The van der Waals surface area contributed by atoms with E-state index in [1.807, 2.05) is 0 Å². The molecule has 0 saturated carbocycles. The molecule has 0 amide bonds. The van der Waals surface area contributed by atoms with Crippen molar-refractivity contribution in [3.05, 3.63) is 0 Å². The molecule has 0 bridgehead atoms. The molecule has 0 saturated heterocycles. The lowest BCUT2D eigenvalue weighted by atomic mass is 10.00. The van der Waals surface area contributed by atoms with Crippen molar-refractivity contribution in [2.75, 3.05) is 39.6 Å². The summed E-state index contributed by atoms with van der Waals surface area (Å²) in [5, 5.41) is 10.6. The van der Waals surface area contributed by atoms with Gasteiger partial charge in [-0.05, 0) is 49.4 Å². The van der Waals surface area contributed by atoms with Crippen molar-refractivity contribution in [3.8, 4) is 0 Å². The summed E-state index contributed by atoms with van der Waals surface area (Å²) in [4.78, 5) is 72.7. The van der Waals surface area contributed by atoms with E-state index in [0.717, 1.165) is 114 Å². The summed E-state index contributed by atoms with van der Waals surface area (Å²) in [5.41, 5.74) is 0. The lowest BCUT2D eigenvalue weighted by Gasteiger charge is -2.21. The molecule has 93 heavy (non-hydrogen) atoms. The first kappa shape index (κ1) is 91.1. The van der Waals surface area contributed by atoms with Gasteiger partial charge in [0.1, 0.15) is 19.3 Å². The molecule has 0 aromatic carbocycles. The number of rotatable bonds is 71. The molecule has 0 aliphatic heterocycles. The number of ether oxygens (including phenoxy) is 4. The standard InChI is InChI=1S/C74H144O17P2/c1-9-67(8)53-45-37-32-33-39-47-55-72(77)85-61-70(91-74(79)57-49-41-31-25-28-36-44-52-66(6)7)63-89-93(82,83)87-59-68(75)58-86-92(80,81)88-62-69(90-73(78)56-48-40-30-24-20-16-18-22-27-35-43-51-65(4)5)60-84-71(76)54-46-38-29-23-19-15-13-11-10-12-14-17-21-26-34-42-50-64(2)3/h64-70,75H,9-63H2,1-8H3,(H,80,81)(H,82,83)/t67?,68-,69-,70-/m1/s1. The molecule has 0 radical (unpaired) electrons. The van der Waals surface area contributed by atoms with Gasteiger partial charge in [0.05, 0.1) is 26.4 Å². The van der Waals surface area contributed by atoms with Crippen LogP contribution in [0.4, 0.5) is 0 Å². The van der Waals surface area contributed by atoms with Crippen molar-refractivity contribution < 1.29 is 80.2 Å². The van der Waals surface area contributed by atoms with E-state index < -0.39 is 97.5 Å². The second-order valence-electron chi connectivity index (χ2n) is 28.4. The minimum absolute atomic E-state index is 0.102. The number of carbonyl (C=O) groups excluding carboxylic acids is 4. The fraction of sp³-hybridized carbons (Fsp3) is 0.946. The first-order valence-corrected chi connectivity index (χ1v) is 41.2. The molecule has 0 aliphatic rings. The molecule has 552 valence electrons. The number of hydrogen-bond donors (Lipinski definition) is 3. The van der Waals surface area contributed by atoms with Gasteiger partial charge in [-0.2, -0.15) is 0 Å². The Labute approximate surface area is 568 Å². The van der Waals surface area contributed by atoms with Gasteiger partial charge in [0, 0.05) is 25.7 Å². The number of phosphoric ester groups is 2. The number of aliphatic hydroxyl groups is 1. The Bertz CT molecular complexity index is 1840. The summed E-state index contributed by atoms with van der Waals surface area (Å²) in [6.45, 7) is 14.1. The average Bonchev–Trinajstić information content (AvgIpc) is 2.13. The SMILES string of the molecule is CCC(C)CCCCCCCCC(=O)OC[C@H](COP(=O)(O)OC[C@H](O)COP(=O)(O)OC[C@@H](COC(=O)CCCCCCCCCCCCCCCCCCC(C)C)OC(=O)CCCCCCCCCCCCCC(C)C)OC(=O)CCCCCCCCCC(C)C. The molecule has 0 heterocycles. The van der Waals surface area contributed by atoms with Gasteiger partial charge in [0.15, 0.2) is 12.2 Å². The van der Waals surface area contributed by atoms with E-state index in [9.17, 15) is 43.2 Å². The van der Waals surface area contributed by atoms with Gasteiger partial charge in [-0.3, -0.25) is 37.3 Å². The number of aliphatic hydroxyl groups excluding tert-OH is 1. The zero-order valence-electron chi connectivity index (χ0n) is 60.9. The van der Waals surface area contributed by atoms with Crippen LogP contribution < -0.4 is 0 Å². The summed E-state index contributed by atoms with van der Waals surface area (Å²) in [5.74, 6) is 0.877. The highest BCUT2D eigenvalue weighted by Gasteiger charge is 2.30. The van der Waals surface area contributed by atoms with E-state index in [0.29, 0.717) is 31.6 Å². The highest BCUT2D eigenvalue weighted by atomic mass is 31.2. The Morgan fingerprint density at radius 3 is 0.763 bits per heavy atom. The van der Waals surface area contributed by atoms with Crippen LogP contribution in [0, 0.1) is 23.7 Å². The molecule has 0 aromatic rings. The first-order chi connectivity index (χ1) is 44.6. The third-order valence-electron chi connectivity index (χ3n) is 17.4. The van der Waals surface area contributed by atoms with Crippen LogP contribution in [0.1, 0.15) is 370 Å². The van der Waals surface area contributed by atoms with Gasteiger partial charge < -0.3 is 33.8 Å². The van der Waals surface area contributed by atoms with E-state index in [1.54, 1.807) is 0 Å². The number of esters is 4. The Balaban J connectivity index is 5.21. The summed E-state index contributed by atoms with van der Waals surface area (Å²) < 4.78 is 68.4. The highest BCUT2D eigenvalue weighted by Crippen LogP contribution is 2.45. The van der Waals surface area contributed by atoms with Crippen LogP contribution in [0.15, 0.2) is 0 Å². The zero-order chi connectivity index (χ0) is 68.9. The van der Waals surface area contributed by atoms with Crippen LogP contribution >= 0.6 is 15.6 Å². The molecule has 0 spiro atoms. The third-order valence-corrected chi connectivity index (χ3v) is 19.3. The van der Waals surface area contributed by atoms with Crippen LogP contribution in [0.5, 0.6) is 0 Å². The van der Waals surface area contributed by atoms with Crippen molar-refractivity contribution in [2.45, 2.75) is 388 Å². The maximum absolute atomic E-state index is 13.1. The van der Waals surface area contributed by atoms with Crippen molar-refractivity contribution in [1.82, 2.24) is 0 Å². The second kappa shape index (κ2) is 63.5. The van der Waals surface area contributed by atoms with E-state index in [2.05, 4.69) is 55.4 Å². The normalized spacial score (nSPS) is 14.5. The monoisotopic (exact) mass is 1370 g/mol. The maximum atomic E-state index is 13.1. The number of hydrogen-bond acceptors (Lipinski definition) is 15. The molecule has 19 heteroatoms. The highest BCUT2D eigenvalue weighted by molar-refractivity contribution is 7.47. The van der Waals surface area contributed by atoms with Crippen molar-refractivity contribution in [2.24, 2.45) is 23.7 Å². The number of unbranched alkanes of at least 4 members (excludes halogenated alkanes) is 36. The minimum Gasteiger partial charge on any atom is -0.462 e. The number of phosphoric acid groups is 2. The van der Waals surface area contributed by atoms with Gasteiger partial charge in [0.2, 0.25) is 0 Å². The lowest BCUT2D eigenvalue weighted by molar-refractivity contribution is -0.161. The van der Waals surface area contributed by atoms with Crippen LogP contribution in [0.3, 0.4) is 0 Å². The fourth-order valence-corrected chi connectivity index (χ4v) is 12.7. The molecule has 0 rings (SSSR count). The van der Waals surface area contributed by atoms with E-state index in [1.165, 1.54) is 167 Å². The quantitative estimate of drug-likeness (QED) is 0.0222. The van der Waals surface area contributed by atoms with Crippen LogP contribution in [0.25, 0.3) is 0 Å². The van der Waals surface area contributed by atoms with E-state index in [-0.39, 0.29) is 25.7 Å². The van der Waals surface area contributed by atoms with Crippen molar-refractivity contribution in [1.29, 1.82) is 0 Å². The van der Waals surface area contributed by atoms with Crippen LogP contribution in [-0.4, -0.2) is 96.7 Å². The molecular weight excluding hydrogens is 1220 g/mol. The van der Waals surface area contributed by atoms with Gasteiger partial charge in [0.25, 0.3) is 0 Å². The molecule has 0 fully saturated rings. The molecule has 6 atom stereocenters. The lowest BCUT2D eigenvalue weighted by Crippen LogP contribution is -2.30. The van der Waals surface area contributed by atoms with Crippen molar-refractivity contribution in [3.63, 3.8) is 0 Å². The van der Waals surface area contributed by atoms with Crippen LogP contribution in [0.2, 0.25) is 0 Å². The fourth-order valence-electron chi connectivity index (χ4n) is 11.2. The molecule has 0 aromatic heterocycles. The Kier molecular flexibility index (Phi) is 62.2. The maximum Gasteiger partial charge on any atom is 0.472 e. The Hall–Kier alpha value is -1.94. The zero-order valence-corrected chi connectivity index (χ0v) is 62.7. The predicted molar refractivity (Wildman–Crippen MR) is 377 cm³/mol. The second-order valence-corrected chi connectivity index (χ2v) is 31.3. The Morgan fingerprint density at radius 1 is 0.301 bits per heavy atom. The average molecular weight is 1370 g/mol. The smallest absolute Gasteiger partial charge is 0.462 e. The largest absolute Gasteiger partial charge is 0.472 e. The molecule has 17 nitrogen and oxygen atoms in total. The molecular formula is C74H144O17P2. The molecule has 0 aliphatic carbocycles. The Morgan fingerprint density at radius 2 is 0.516 bits per heavy atom. The van der Waals surface area contributed by atoms with Crippen LogP contribution in [-0.2, 0) is 65.4 Å². The van der Waals surface area contributed by atoms with E-state index in [4.69, 9.17) is 37.0 Å². The molecule has 3 unspecified atom stereocenters. The third kappa shape index (κ3) is 67.0. The number of carbonyl (C=O) groups is 4. The van der Waals surface area contributed by atoms with Crippen molar-refractivity contribution >= 4 is 39.5 Å².